The number of epoxide rings is 2. The molecule has 6 aromatic rings. The predicted molar refractivity (Wildman–Crippen MR) is 398 cm³/mol. The van der Waals surface area contributed by atoms with Crippen LogP contribution in [0.2, 0.25) is 0 Å². The molecule has 0 spiro atoms. The summed E-state index contributed by atoms with van der Waals surface area (Å²) in [6, 6.07) is 27.0. The van der Waals surface area contributed by atoms with Crippen LogP contribution in [0.25, 0.3) is 9.69 Å². The molecule has 0 aliphatic carbocycles. The molecule has 558 valence electrons. The van der Waals surface area contributed by atoms with Crippen molar-refractivity contribution in [1.29, 1.82) is 0 Å². The van der Waals surface area contributed by atoms with Gasteiger partial charge in [-0.05, 0) is 148 Å². The number of aliphatic hydroxyl groups excluding tert-OH is 2. The number of benzene rings is 3. The molecule has 3 aromatic carbocycles. The zero-order valence-corrected chi connectivity index (χ0v) is 66.8. The maximum absolute atomic E-state index is 12.1. The first kappa shape index (κ1) is 93.3. The van der Waals surface area contributed by atoms with Crippen LogP contribution >= 0.6 is 39.0 Å². The van der Waals surface area contributed by atoms with E-state index in [9.17, 15) is 38.3 Å². The maximum Gasteiger partial charge on any atom is 1.00 e. The third kappa shape index (κ3) is 36.0. The summed E-state index contributed by atoms with van der Waals surface area (Å²) in [6.45, 7) is 45.0. The fourth-order valence-electron chi connectivity index (χ4n) is 8.69. The third-order valence-corrected chi connectivity index (χ3v) is 19.6. The molecule has 2 aliphatic heterocycles. The van der Waals surface area contributed by atoms with Gasteiger partial charge >= 0.3 is 46.6 Å². The van der Waals surface area contributed by atoms with Crippen molar-refractivity contribution in [3.05, 3.63) is 216 Å². The first-order valence-electron chi connectivity index (χ1n) is 33.3. The van der Waals surface area contributed by atoms with Crippen LogP contribution in [0.15, 0.2) is 126 Å². The smallest absolute Gasteiger partial charge is 1.00 e. The van der Waals surface area contributed by atoms with Crippen LogP contribution in [0, 0.1) is 33.9 Å². The summed E-state index contributed by atoms with van der Waals surface area (Å²) >= 11 is 13.4. The van der Waals surface area contributed by atoms with Crippen molar-refractivity contribution in [3.63, 3.8) is 0 Å². The molecular weight excluding hydrogens is 1400 g/mol. The molecule has 6 atom stereocenters. The van der Waals surface area contributed by atoms with E-state index in [0.717, 1.165) is 41.4 Å². The van der Waals surface area contributed by atoms with Gasteiger partial charge in [0.15, 0.2) is 0 Å². The number of rotatable bonds is 27. The molecule has 3 aromatic heterocycles. The minimum absolute atomic E-state index is 0. The van der Waals surface area contributed by atoms with Crippen molar-refractivity contribution in [2.24, 2.45) is 0 Å². The number of alkyl halides is 2. The van der Waals surface area contributed by atoms with Crippen LogP contribution in [0.5, 0.6) is 11.5 Å². The maximum atomic E-state index is 12.1. The van der Waals surface area contributed by atoms with Gasteiger partial charge in [0.25, 0.3) is 25.2 Å². The van der Waals surface area contributed by atoms with Gasteiger partial charge in [-0.1, -0.05) is 75.4 Å². The number of aromatic amines is 4. The summed E-state index contributed by atoms with van der Waals surface area (Å²) < 4.78 is 60.2. The number of methoxy groups -OCH3 is 2. The zero-order chi connectivity index (χ0) is 76.4. The number of halogens is 3. The Hall–Kier alpha value is -5.71. The fraction of sp³-hybridized carbons (Fsp3) is 0.543. The van der Waals surface area contributed by atoms with Crippen molar-refractivity contribution < 1.29 is 79.5 Å². The molecule has 2 aliphatic rings. The standard InChI is InChI=1S/C21H19ClO2.C18H31N4O4P.C9H18ClN2OP.C9H14N2O3.C5H6N2O2.C4H8O.C3H6O2.CH3F.Na.H/c1-23-19-12-8-17(9-13-19)21(22,16-6-4-3-5-7-16)18-10-14-20(24-2)15-11-18;1-8-16(12-21-11-15(6)17(23)20-18(21)24)26-27(25-10-9-19-7)22(13(2)3)14(4)5;1-8(2)12(9(3)4)14(10)13-7-6-11-5;1-3-7(12)5-11-4-6(2)8(13)10-9(11)14;1-3-2-6-5(9)7-4(3)8;1-2-4-3-5-4;4-1-3-2-5-3;1-2;;/h3-15H,1-2H3;11,13-14,16H,8-10,12H2,1-6H3,(H,20,23,24);8-9H,6-7H2,1-4H3;4,7,12H,3,5H2,1-2H3,(H,10,13,14);2H,1H3,(H2,6,7,8,9);4H,2-3H2,1H3;3-4H,1-2H2;1H3;;/q;;;;;;;;+1;-1/t;16-,27?;;7-;;4-;3-;;;/m.1.1.11.../s1/i;;;;;;;1D;;. The van der Waals surface area contributed by atoms with E-state index in [-0.39, 0.29) is 91.6 Å². The van der Waals surface area contributed by atoms with Gasteiger partial charge in [0.1, 0.15) is 35.7 Å². The Balaban J connectivity index is 0. The van der Waals surface area contributed by atoms with Crippen LogP contribution in [-0.4, -0.2) is 165 Å². The molecule has 101 heavy (non-hydrogen) atoms. The van der Waals surface area contributed by atoms with Crippen LogP contribution < -0.4 is 72.8 Å². The average Bonchev–Trinajstić information content (AvgIpc) is 1.68. The molecule has 5 heterocycles. The van der Waals surface area contributed by atoms with Gasteiger partial charge in [-0.15, -0.1) is 11.6 Å². The molecule has 0 saturated carbocycles. The Labute approximate surface area is 630 Å². The third-order valence-electron chi connectivity index (χ3n) is 14.3. The number of H-pyrrole nitrogens is 4. The first-order valence-corrected chi connectivity index (χ1v) is 36.3. The molecule has 0 radical (unpaired) electrons. The Morgan fingerprint density at radius 2 is 1.10 bits per heavy atom. The summed E-state index contributed by atoms with van der Waals surface area (Å²) in [4.78, 5) is 81.5. The van der Waals surface area contributed by atoms with Crippen molar-refractivity contribution in [2.75, 3.05) is 67.5 Å². The predicted octanol–water partition coefficient (Wildman–Crippen LogP) is 8.53. The van der Waals surface area contributed by atoms with Crippen molar-refractivity contribution >= 4 is 39.0 Å². The van der Waals surface area contributed by atoms with Gasteiger partial charge in [0.05, 0.1) is 74.0 Å². The Morgan fingerprint density at radius 3 is 1.44 bits per heavy atom. The molecule has 31 heteroatoms. The average molecular weight is 1500 g/mol. The van der Waals surface area contributed by atoms with E-state index in [2.05, 4.69) is 106 Å². The fourth-order valence-corrected chi connectivity index (χ4v) is 13.2. The minimum atomic E-state index is -1.38. The molecule has 6 N–H and O–H groups in total. The van der Waals surface area contributed by atoms with E-state index >= 15 is 0 Å². The molecule has 0 bridgehead atoms. The minimum Gasteiger partial charge on any atom is -1.00 e. The van der Waals surface area contributed by atoms with E-state index in [1.165, 1.54) is 27.9 Å². The first-order chi connectivity index (χ1) is 47.9. The number of aromatic nitrogens is 6. The van der Waals surface area contributed by atoms with Crippen molar-refractivity contribution in [1.82, 2.24) is 38.4 Å². The number of hydrogen-bond donors (Lipinski definition) is 6. The van der Waals surface area contributed by atoms with Crippen molar-refractivity contribution in [3.8, 4) is 11.5 Å². The second-order valence-corrected chi connectivity index (χ2v) is 27.4. The van der Waals surface area contributed by atoms with Gasteiger partial charge < -0.3 is 58.8 Å². The molecule has 2 saturated heterocycles. The number of nitrogens with zero attached hydrogens (tertiary/aromatic N) is 6. The molecule has 2 fully saturated rings. The topological polar surface area (TPSA) is 302 Å². The number of ether oxygens (including phenoxy) is 4. The van der Waals surface area contributed by atoms with Crippen LogP contribution in [0.3, 0.4) is 0 Å². The summed E-state index contributed by atoms with van der Waals surface area (Å²) in [5.41, 5.74) is 1.96. The van der Waals surface area contributed by atoms with E-state index in [1.54, 1.807) is 41.2 Å². The Kier molecular flexibility index (Phi) is 48.3. The second-order valence-electron chi connectivity index (χ2n) is 23.4. The SMILES string of the molecule is CC[C@@H](O)Cn1cc(C)c(=O)[nH]c1=O.CC[C@@H]1CO1.COc1ccc(C(Cl)(c2ccccc2)c2ccc(OC)cc2)cc1.Cc1c[nH]c(=O)[nH]c1=O.OC[C@@H]1CO1.[2H]CF.[C-]#[N+]CCOP(Cl)N(C(C)C)C(C)C.[C-]#[N+]CCOP(O[C@H](CC)Cn1cc(C)c(=O)[nH]c1=O)N(C(C)C)C(C)C.[H-].[Na+]. The summed E-state index contributed by atoms with van der Waals surface area (Å²) in [7, 11) is -0.136. The van der Waals surface area contributed by atoms with E-state index in [1.807, 2.05) is 92.7 Å². The molecule has 2 unspecified atom stereocenters. The van der Waals surface area contributed by atoms with Crippen LogP contribution in [0.4, 0.5) is 4.39 Å². The molecular formula is C70H106Cl2FN10NaO15P2. The zero-order valence-electron chi connectivity index (χ0n) is 63.5. The largest absolute Gasteiger partial charge is 1.00 e. The Bertz CT molecular complexity index is 3650. The number of aryl methyl sites for hydroxylation is 3. The van der Waals surface area contributed by atoms with E-state index in [0.29, 0.717) is 74.0 Å². The normalized spacial score (nSPS) is 14.4. The number of hydrogen-bond acceptors (Lipinski definition) is 17. The summed E-state index contributed by atoms with van der Waals surface area (Å²) in [5.74, 6) is 1.61. The van der Waals surface area contributed by atoms with Gasteiger partial charge in [-0.3, -0.25) is 42.9 Å². The van der Waals surface area contributed by atoms with E-state index in [4.69, 9.17) is 70.2 Å². The Morgan fingerprint density at radius 1 is 0.683 bits per heavy atom. The van der Waals surface area contributed by atoms with Gasteiger partial charge in [-0.25, -0.2) is 36.9 Å². The van der Waals surface area contributed by atoms with Crippen LogP contribution in [-0.2, 0) is 41.0 Å². The number of nitrogens with one attached hydrogen (secondary N) is 4. The van der Waals surface area contributed by atoms with Crippen molar-refractivity contribution in [2.45, 2.75) is 183 Å². The van der Waals surface area contributed by atoms with E-state index < -0.39 is 51.4 Å². The quantitative estimate of drug-likeness (QED) is 0.00535. The molecule has 0 amide bonds. The molecule has 8 rings (SSSR count). The number of aliphatic hydroxyl groups is 2. The summed E-state index contributed by atoms with van der Waals surface area (Å²) in [6.07, 6.45) is 6.85. The molecule has 25 nitrogen and oxygen atoms in total. The van der Waals surface area contributed by atoms with Gasteiger partial charge in [-0.2, -0.15) is 0 Å². The summed E-state index contributed by atoms with van der Waals surface area (Å²) in [5, 5.41) is 17.4. The monoisotopic (exact) mass is 1500 g/mol. The van der Waals surface area contributed by atoms with Crippen LogP contribution in [0.1, 0.15) is 132 Å². The van der Waals surface area contributed by atoms with Gasteiger partial charge in [0.2, 0.25) is 20.7 Å². The van der Waals surface area contributed by atoms with Gasteiger partial charge in [0, 0.05) is 59.4 Å². The second kappa shape index (κ2) is 52.3.